The van der Waals surface area contributed by atoms with Crippen LogP contribution in [0, 0.1) is 25.2 Å². The average Bonchev–Trinajstić information content (AvgIpc) is 3.38. The lowest BCUT2D eigenvalue weighted by molar-refractivity contribution is -0.116. The molecule has 0 aliphatic heterocycles. The molecule has 4 aromatic rings. The lowest BCUT2D eigenvalue weighted by Crippen LogP contribution is -2.18. The van der Waals surface area contributed by atoms with E-state index in [4.69, 9.17) is 4.74 Å². The van der Waals surface area contributed by atoms with Gasteiger partial charge in [0.1, 0.15) is 23.2 Å². The number of anilines is 2. The second kappa shape index (κ2) is 11.6. The Balaban J connectivity index is 1.62. The first-order valence-electron chi connectivity index (χ1n) is 11.9. The molecular weight excluding hydrogens is 500 g/mol. The van der Waals surface area contributed by atoms with Crippen LogP contribution in [-0.4, -0.2) is 29.0 Å². The van der Waals surface area contributed by atoms with Gasteiger partial charge in [0.25, 0.3) is 5.91 Å². The van der Waals surface area contributed by atoms with Crippen molar-refractivity contribution >= 4 is 56.8 Å². The van der Waals surface area contributed by atoms with Crippen molar-refractivity contribution in [1.82, 2.24) is 4.57 Å². The molecule has 192 valence electrons. The van der Waals surface area contributed by atoms with Gasteiger partial charge in [0.05, 0.1) is 12.2 Å². The zero-order valence-corrected chi connectivity index (χ0v) is 22.0. The van der Waals surface area contributed by atoms with Crippen LogP contribution in [0.5, 0.6) is 0 Å². The van der Waals surface area contributed by atoms with Gasteiger partial charge in [0.2, 0.25) is 5.91 Å². The van der Waals surface area contributed by atoms with E-state index < -0.39 is 11.9 Å². The minimum atomic E-state index is -0.641. The highest BCUT2D eigenvalue weighted by molar-refractivity contribution is 7.16. The van der Waals surface area contributed by atoms with Gasteiger partial charge >= 0.3 is 5.97 Å². The lowest BCUT2D eigenvalue weighted by Gasteiger charge is -2.07. The second-order valence-corrected chi connectivity index (χ2v) is 9.70. The summed E-state index contributed by atoms with van der Waals surface area (Å²) in [7, 11) is 0. The van der Waals surface area contributed by atoms with Crippen LogP contribution in [0.1, 0.15) is 33.3 Å². The van der Waals surface area contributed by atoms with Gasteiger partial charge < -0.3 is 19.9 Å². The number of nitrogens with one attached hydrogen (secondary N) is 2. The smallest absolute Gasteiger partial charge is 0.341 e. The molecule has 0 unspecified atom stereocenters. The third-order valence-corrected chi connectivity index (χ3v) is 7.07. The zero-order valence-electron chi connectivity index (χ0n) is 21.2. The third kappa shape index (κ3) is 5.66. The maximum atomic E-state index is 13.1. The molecule has 0 aliphatic rings. The van der Waals surface area contributed by atoms with E-state index in [9.17, 15) is 19.6 Å². The number of carbonyl (C=O) groups is 3. The summed E-state index contributed by atoms with van der Waals surface area (Å²) in [6, 6.07) is 18.6. The Morgan fingerprint density at radius 2 is 1.76 bits per heavy atom. The summed E-state index contributed by atoms with van der Waals surface area (Å²) in [5.74, 6) is -1.37. The van der Waals surface area contributed by atoms with Crippen LogP contribution in [0.2, 0.25) is 0 Å². The fourth-order valence-electron chi connectivity index (χ4n) is 4.04. The molecule has 0 atom stereocenters. The highest BCUT2D eigenvalue weighted by atomic mass is 32.1. The van der Waals surface area contributed by atoms with E-state index in [-0.39, 0.29) is 24.6 Å². The van der Waals surface area contributed by atoms with Crippen molar-refractivity contribution in [2.75, 3.05) is 17.2 Å². The standard InChI is InChI=1S/C29H26N4O4S/c1-4-37-29(36)26-18(2)19(3)38-28(26)32-27(35)20(15-30)14-21-16-33(24-13-9-8-12-23(21)24)17-25(34)31-22-10-6-5-7-11-22/h5-14,16H,4,17H2,1-3H3,(H,31,34)(H,32,35). The number of thiophene rings is 1. The summed E-state index contributed by atoms with van der Waals surface area (Å²) in [6.45, 7) is 5.61. The highest BCUT2D eigenvalue weighted by Gasteiger charge is 2.23. The molecule has 0 saturated carbocycles. The van der Waals surface area contributed by atoms with Crippen molar-refractivity contribution in [3.05, 3.63) is 87.9 Å². The zero-order chi connectivity index (χ0) is 27.2. The summed E-state index contributed by atoms with van der Waals surface area (Å²) in [5.41, 5.74) is 2.97. The number of amides is 2. The van der Waals surface area contributed by atoms with Crippen LogP contribution in [0.4, 0.5) is 10.7 Å². The molecular formula is C29H26N4O4S. The number of aryl methyl sites for hydroxylation is 1. The Morgan fingerprint density at radius 3 is 2.47 bits per heavy atom. The monoisotopic (exact) mass is 526 g/mol. The van der Waals surface area contributed by atoms with E-state index in [1.54, 1.807) is 24.6 Å². The number of hydrogen-bond acceptors (Lipinski definition) is 6. The Bertz CT molecular complexity index is 1590. The van der Waals surface area contributed by atoms with Crippen LogP contribution in [-0.2, 0) is 20.9 Å². The predicted molar refractivity (Wildman–Crippen MR) is 149 cm³/mol. The van der Waals surface area contributed by atoms with E-state index in [0.717, 1.165) is 21.3 Å². The first kappa shape index (κ1) is 26.4. The quantitative estimate of drug-likeness (QED) is 0.174. The highest BCUT2D eigenvalue weighted by Crippen LogP contribution is 2.33. The van der Waals surface area contributed by atoms with Gasteiger partial charge in [-0.15, -0.1) is 11.3 Å². The number of esters is 1. The van der Waals surface area contributed by atoms with Crippen LogP contribution in [0.15, 0.2) is 66.4 Å². The van der Waals surface area contributed by atoms with Gasteiger partial charge in [0.15, 0.2) is 0 Å². The molecule has 2 aromatic heterocycles. The number of carbonyl (C=O) groups excluding carboxylic acids is 3. The van der Waals surface area contributed by atoms with Gasteiger partial charge in [0, 0.05) is 33.2 Å². The topological polar surface area (TPSA) is 113 Å². The first-order valence-corrected chi connectivity index (χ1v) is 12.8. The second-order valence-electron chi connectivity index (χ2n) is 8.48. The molecule has 8 nitrogen and oxygen atoms in total. The molecule has 2 N–H and O–H groups in total. The first-order chi connectivity index (χ1) is 18.3. The summed E-state index contributed by atoms with van der Waals surface area (Å²) in [4.78, 5) is 39.1. The maximum Gasteiger partial charge on any atom is 0.341 e. The largest absolute Gasteiger partial charge is 0.462 e. The van der Waals surface area contributed by atoms with Gasteiger partial charge in [-0.25, -0.2) is 4.79 Å². The predicted octanol–water partition coefficient (Wildman–Crippen LogP) is 5.68. The van der Waals surface area contributed by atoms with Crippen molar-refractivity contribution in [2.45, 2.75) is 27.3 Å². The SMILES string of the molecule is CCOC(=O)c1c(NC(=O)C(C#N)=Cc2cn(CC(=O)Nc3ccccc3)c3ccccc23)sc(C)c1C. The number of benzene rings is 2. The Morgan fingerprint density at radius 1 is 1.05 bits per heavy atom. The molecule has 0 spiro atoms. The van der Waals surface area contributed by atoms with Crippen molar-refractivity contribution in [3.8, 4) is 6.07 Å². The van der Waals surface area contributed by atoms with Crippen molar-refractivity contribution in [1.29, 1.82) is 5.26 Å². The maximum absolute atomic E-state index is 13.1. The number of ether oxygens (including phenoxy) is 1. The van der Waals surface area contributed by atoms with Gasteiger partial charge in [-0.05, 0) is 50.6 Å². The molecule has 4 rings (SSSR count). The molecule has 9 heteroatoms. The number of rotatable bonds is 8. The number of para-hydroxylation sites is 2. The number of hydrogen-bond donors (Lipinski definition) is 2. The lowest BCUT2D eigenvalue weighted by atomic mass is 10.1. The summed E-state index contributed by atoms with van der Waals surface area (Å²) in [5, 5.41) is 16.5. The minimum Gasteiger partial charge on any atom is -0.462 e. The Hall–Kier alpha value is -4.68. The van der Waals surface area contributed by atoms with Crippen molar-refractivity contribution < 1.29 is 19.1 Å². The normalized spacial score (nSPS) is 11.2. The van der Waals surface area contributed by atoms with Gasteiger partial charge in [-0.3, -0.25) is 9.59 Å². The molecule has 0 saturated heterocycles. The number of nitrogens with zero attached hydrogens (tertiary/aromatic N) is 2. The summed E-state index contributed by atoms with van der Waals surface area (Å²) in [6.07, 6.45) is 3.23. The van der Waals surface area contributed by atoms with E-state index in [2.05, 4.69) is 10.6 Å². The molecule has 0 aliphatic carbocycles. The van der Waals surface area contributed by atoms with Gasteiger partial charge in [-0.1, -0.05) is 36.4 Å². The van der Waals surface area contributed by atoms with Crippen LogP contribution >= 0.6 is 11.3 Å². The van der Waals surface area contributed by atoms with Crippen molar-refractivity contribution in [2.24, 2.45) is 0 Å². The molecule has 0 radical (unpaired) electrons. The molecule has 0 bridgehead atoms. The Kier molecular flexibility index (Phi) is 8.04. The number of nitriles is 1. The Labute approximate surface area is 224 Å². The van der Waals surface area contributed by atoms with E-state index in [1.165, 1.54) is 17.4 Å². The number of fused-ring (bicyclic) bond motifs is 1. The average molecular weight is 527 g/mol. The van der Waals surface area contributed by atoms with E-state index in [1.807, 2.05) is 67.6 Å². The van der Waals surface area contributed by atoms with Crippen LogP contribution < -0.4 is 10.6 Å². The molecule has 2 aromatic carbocycles. The molecule has 38 heavy (non-hydrogen) atoms. The fraction of sp³-hybridized carbons (Fsp3) is 0.172. The van der Waals surface area contributed by atoms with Crippen LogP contribution in [0.25, 0.3) is 17.0 Å². The van der Waals surface area contributed by atoms with Crippen LogP contribution in [0.3, 0.4) is 0 Å². The van der Waals surface area contributed by atoms with Crippen molar-refractivity contribution in [3.63, 3.8) is 0 Å². The summed E-state index contributed by atoms with van der Waals surface area (Å²) >= 11 is 1.25. The van der Waals surface area contributed by atoms with E-state index >= 15 is 0 Å². The summed E-state index contributed by atoms with van der Waals surface area (Å²) < 4.78 is 6.92. The molecule has 0 fully saturated rings. The molecule has 2 heterocycles. The van der Waals surface area contributed by atoms with Gasteiger partial charge in [-0.2, -0.15) is 5.26 Å². The number of aromatic nitrogens is 1. The van der Waals surface area contributed by atoms with E-state index in [0.29, 0.717) is 21.8 Å². The minimum absolute atomic E-state index is 0.0496. The third-order valence-electron chi connectivity index (χ3n) is 5.95. The fourth-order valence-corrected chi connectivity index (χ4v) is 5.08. The molecule has 2 amide bonds.